The zero-order valence-corrected chi connectivity index (χ0v) is 13.7. The molecular weight excluding hydrogens is 314 g/mol. The van der Waals surface area contributed by atoms with Gasteiger partial charge in [-0.15, -0.1) is 11.3 Å². The number of nitrogens with two attached hydrogens (primary N) is 1. The Labute approximate surface area is 128 Å². The molecule has 10 heteroatoms. The molecule has 0 unspecified atom stereocenters. The number of carbonyl (C=O) groups excluding carboxylic acids is 1. The molecule has 0 atom stereocenters. The Morgan fingerprint density at radius 1 is 1.38 bits per heavy atom. The van der Waals surface area contributed by atoms with Crippen molar-refractivity contribution in [2.75, 3.05) is 40.3 Å². The number of amides is 1. The lowest BCUT2D eigenvalue weighted by molar-refractivity contribution is 0.0690. The maximum atomic E-state index is 12.3. The molecule has 1 aromatic rings. The van der Waals surface area contributed by atoms with E-state index in [0.29, 0.717) is 43.4 Å². The third-order valence-electron chi connectivity index (χ3n) is 3.26. The fourth-order valence-corrected chi connectivity index (χ4v) is 3.75. The number of carbonyl (C=O) groups is 1. The van der Waals surface area contributed by atoms with Crippen LogP contribution < -0.4 is 5.73 Å². The van der Waals surface area contributed by atoms with Gasteiger partial charge in [0.05, 0.1) is 0 Å². The molecule has 1 aliphatic rings. The zero-order chi connectivity index (χ0) is 15.6. The topological polar surface area (TPSA) is 99.8 Å². The predicted octanol–water partition coefficient (Wildman–Crippen LogP) is -0.834. The van der Waals surface area contributed by atoms with Gasteiger partial charge in [-0.3, -0.25) is 4.79 Å². The van der Waals surface area contributed by atoms with Crippen molar-refractivity contribution >= 4 is 27.5 Å². The fraction of sp³-hybridized carbons (Fsp3) is 0.636. The lowest BCUT2D eigenvalue weighted by atomic mass is 10.3. The highest BCUT2D eigenvalue weighted by molar-refractivity contribution is 7.86. The Hall–Kier alpha value is -1.07. The Morgan fingerprint density at radius 3 is 2.48 bits per heavy atom. The minimum atomic E-state index is -3.41. The smallest absolute Gasteiger partial charge is 0.281 e. The van der Waals surface area contributed by atoms with Crippen LogP contribution in [0.25, 0.3) is 0 Å². The molecule has 2 N–H and O–H groups in total. The Bertz CT molecular complexity index is 605. The average molecular weight is 333 g/mol. The van der Waals surface area contributed by atoms with E-state index in [1.165, 1.54) is 34.0 Å². The first kappa shape index (κ1) is 16.3. The monoisotopic (exact) mass is 333 g/mol. The molecule has 0 aliphatic carbocycles. The Kier molecular flexibility index (Phi) is 4.94. The van der Waals surface area contributed by atoms with E-state index >= 15 is 0 Å². The quantitative estimate of drug-likeness (QED) is 0.775. The molecule has 2 heterocycles. The first-order valence-electron chi connectivity index (χ1n) is 6.47. The van der Waals surface area contributed by atoms with Crippen molar-refractivity contribution in [3.8, 4) is 0 Å². The van der Waals surface area contributed by atoms with E-state index in [2.05, 4.69) is 4.98 Å². The van der Waals surface area contributed by atoms with Gasteiger partial charge in [0.2, 0.25) is 0 Å². The summed E-state index contributed by atoms with van der Waals surface area (Å²) < 4.78 is 26.6. The van der Waals surface area contributed by atoms with Gasteiger partial charge < -0.3 is 10.6 Å². The molecule has 8 nitrogen and oxygen atoms in total. The second kappa shape index (κ2) is 6.36. The van der Waals surface area contributed by atoms with Gasteiger partial charge >= 0.3 is 0 Å². The van der Waals surface area contributed by atoms with Gasteiger partial charge in [0.1, 0.15) is 10.7 Å². The molecule has 1 aliphatic heterocycles. The largest absolute Gasteiger partial charge is 0.335 e. The van der Waals surface area contributed by atoms with Crippen molar-refractivity contribution in [3.05, 3.63) is 16.1 Å². The molecule has 0 saturated carbocycles. The minimum Gasteiger partial charge on any atom is -0.335 e. The number of aromatic nitrogens is 1. The van der Waals surface area contributed by atoms with E-state index in [9.17, 15) is 13.2 Å². The Balaban J connectivity index is 1.99. The van der Waals surface area contributed by atoms with E-state index in [-0.39, 0.29) is 5.91 Å². The van der Waals surface area contributed by atoms with E-state index in [0.717, 1.165) is 0 Å². The van der Waals surface area contributed by atoms with Crippen molar-refractivity contribution < 1.29 is 13.2 Å². The van der Waals surface area contributed by atoms with Crippen LogP contribution in [0.2, 0.25) is 0 Å². The van der Waals surface area contributed by atoms with Crippen molar-refractivity contribution in [2.45, 2.75) is 6.54 Å². The van der Waals surface area contributed by atoms with Crippen molar-refractivity contribution in [1.82, 2.24) is 18.5 Å². The summed E-state index contributed by atoms with van der Waals surface area (Å²) in [6.07, 6.45) is 0. The summed E-state index contributed by atoms with van der Waals surface area (Å²) in [5, 5.41) is 2.40. The maximum Gasteiger partial charge on any atom is 0.281 e. The second-order valence-corrected chi connectivity index (χ2v) is 7.90. The van der Waals surface area contributed by atoms with Crippen molar-refractivity contribution in [1.29, 1.82) is 0 Å². The molecule has 1 amide bonds. The Morgan fingerprint density at radius 2 is 2.00 bits per heavy atom. The lowest BCUT2D eigenvalue weighted by Crippen LogP contribution is -2.53. The van der Waals surface area contributed by atoms with Crippen molar-refractivity contribution in [3.63, 3.8) is 0 Å². The van der Waals surface area contributed by atoms with Crippen LogP contribution in [0.5, 0.6) is 0 Å². The highest BCUT2D eigenvalue weighted by atomic mass is 32.2. The summed E-state index contributed by atoms with van der Waals surface area (Å²) in [7, 11) is -0.422. The molecule has 21 heavy (non-hydrogen) atoms. The first-order valence-corrected chi connectivity index (χ1v) is 8.75. The number of rotatable bonds is 4. The molecule has 0 spiro atoms. The van der Waals surface area contributed by atoms with Gasteiger partial charge in [-0.25, -0.2) is 4.98 Å². The van der Waals surface area contributed by atoms with Crippen LogP contribution in [0, 0.1) is 0 Å². The highest BCUT2D eigenvalue weighted by Crippen LogP contribution is 2.14. The number of hydrogen-bond acceptors (Lipinski definition) is 6. The van der Waals surface area contributed by atoms with Gasteiger partial charge in [0.25, 0.3) is 16.1 Å². The fourth-order valence-electron chi connectivity index (χ4n) is 2.02. The van der Waals surface area contributed by atoms with Gasteiger partial charge in [0.15, 0.2) is 0 Å². The number of nitrogens with zero attached hydrogens (tertiary/aromatic N) is 4. The summed E-state index contributed by atoms with van der Waals surface area (Å²) in [5.41, 5.74) is 5.86. The summed E-state index contributed by atoms with van der Waals surface area (Å²) in [4.78, 5) is 18.1. The van der Waals surface area contributed by atoms with Crippen LogP contribution in [0.4, 0.5) is 0 Å². The summed E-state index contributed by atoms with van der Waals surface area (Å²) in [6, 6.07) is 0. The van der Waals surface area contributed by atoms with Gasteiger partial charge in [-0.2, -0.15) is 17.0 Å². The summed E-state index contributed by atoms with van der Waals surface area (Å²) >= 11 is 1.35. The summed E-state index contributed by atoms with van der Waals surface area (Å²) in [6.45, 7) is 1.62. The molecule has 1 fully saturated rings. The van der Waals surface area contributed by atoms with E-state index in [4.69, 9.17) is 5.73 Å². The van der Waals surface area contributed by atoms with E-state index in [1.54, 1.807) is 10.3 Å². The number of piperazine rings is 1. The number of hydrogen-bond donors (Lipinski definition) is 1. The highest BCUT2D eigenvalue weighted by Gasteiger charge is 2.31. The summed E-state index contributed by atoms with van der Waals surface area (Å²) in [5.74, 6) is -0.173. The number of thiazole rings is 1. The molecular formula is C11H19N5O3S2. The van der Waals surface area contributed by atoms with Crippen LogP contribution >= 0.6 is 11.3 Å². The SMILES string of the molecule is CN(C)S(=O)(=O)N1CCN(C(=O)c2csc(CN)n2)CC1. The normalized spacial score (nSPS) is 17.4. The standard InChI is InChI=1S/C11H19N5O3S2/c1-14(2)21(18,19)16-5-3-15(4-6-16)11(17)9-8-20-10(7-12)13-9/h8H,3-7,12H2,1-2H3. The third-order valence-corrected chi connectivity index (χ3v) is 6.07. The van der Waals surface area contributed by atoms with Crippen LogP contribution in [0.15, 0.2) is 5.38 Å². The maximum absolute atomic E-state index is 12.3. The van der Waals surface area contributed by atoms with Gasteiger partial charge in [-0.05, 0) is 0 Å². The molecule has 118 valence electrons. The first-order chi connectivity index (χ1) is 9.86. The molecule has 2 rings (SSSR count). The van der Waals surface area contributed by atoms with Crippen LogP contribution in [0.1, 0.15) is 15.5 Å². The van der Waals surface area contributed by atoms with Crippen LogP contribution in [-0.2, 0) is 16.8 Å². The molecule has 0 aromatic carbocycles. The van der Waals surface area contributed by atoms with Gasteiger partial charge in [-0.1, -0.05) is 0 Å². The van der Waals surface area contributed by atoms with Crippen LogP contribution in [0.3, 0.4) is 0 Å². The predicted molar refractivity (Wildman–Crippen MR) is 80.1 cm³/mol. The van der Waals surface area contributed by atoms with Crippen molar-refractivity contribution in [2.24, 2.45) is 5.73 Å². The van der Waals surface area contributed by atoms with E-state index in [1.807, 2.05) is 0 Å². The minimum absolute atomic E-state index is 0.173. The van der Waals surface area contributed by atoms with Crippen LogP contribution in [-0.4, -0.2) is 73.1 Å². The molecule has 1 aromatic heterocycles. The second-order valence-electron chi connectivity index (χ2n) is 4.81. The van der Waals surface area contributed by atoms with E-state index < -0.39 is 10.2 Å². The van der Waals surface area contributed by atoms with Gasteiger partial charge in [0, 0.05) is 52.2 Å². The molecule has 1 saturated heterocycles. The molecule has 0 radical (unpaired) electrons. The zero-order valence-electron chi connectivity index (χ0n) is 12.0. The third kappa shape index (κ3) is 3.40. The molecule has 0 bridgehead atoms. The lowest BCUT2D eigenvalue weighted by Gasteiger charge is -2.34. The average Bonchev–Trinajstić information content (AvgIpc) is 2.95.